The van der Waals surface area contributed by atoms with Gasteiger partial charge in [0.15, 0.2) is 11.6 Å². The number of rotatable bonds is 5. The van der Waals surface area contributed by atoms with Crippen LogP contribution in [-0.4, -0.2) is 15.7 Å². The van der Waals surface area contributed by atoms with Crippen LogP contribution in [0.2, 0.25) is 5.02 Å². The summed E-state index contributed by atoms with van der Waals surface area (Å²) in [6.45, 7) is 0. The van der Waals surface area contributed by atoms with Crippen molar-refractivity contribution in [2.45, 2.75) is 6.42 Å². The van der Waals surface area contributed by atoms with Crippen molar-refractivity contribution in [2.24, 2.45) is 0 Å². The van der Waals surface area contributed by atoms with Gasteiger partial charge >= 0.3 is 7.60 Å². The van der Waals surface area contributed by atoms with E-state index in [0.717, 1.165) is 27.8 Å². The first kappa shape index (κ1) is 20.6. The molecule has 0 unspecified atom stereocenters. The number of fused-ring (bicyclic) bond motifs is 1. The van der Waals surface area contributed by atoms with Crippen molar-refractivity contribution in [3.05, 3.63) is 69.7 Å². The number of thiophene rings is 1. The molecule has 28 heavy (non-hydrogen) atoms. The molecule has 5 nitrogen and oxygen atoms in total. The number of hydrogen-bond donors (Lipinski definition) is 3. The summed E-state index contributed by atoms with van der Waals surface area (Å²) in [6.07, 6.45) is 2.48. The fourth-order valence-electron chi connectivity index (χ4n) is 2.55. The maximum Gasteiger partial charge on any atom is 0.359 e. The van der Waals surface area contributed by atoms with E-state index in [-0.39, 0.29) is 17.9 Å². The Hall–Kier alpha value is -2.09. The van der Waals surface area contributed by atoms with Gasteiger partial charge in [-0.15, -0.1) is 11.3 Å². The largest absolute Gasteiger partial charge is 0.359 e. The fraction of sp³-hybridized carbons (Fsp3) is 0.0556. The third kappa shape index (κ3) is 4.66. The van der Waals surface area contributed by atoms with Gasteiger partial charge in [-0.3, -0.25) is 9.36 Å². The summed E-state index contributed by atoms with van der Waals surface area (Å²) in [5.41, 5.74) is 0.787. The molecular formula is C18H13ClF2NO4PS. The predicted molar refractivity (Wildman–Crippen MR) is 106 cm³/mol. The van der Waals surface area contributed by atoms with Crippen LogP contribution in [0.5, 0.6) is 0 Å². The van der Waals surface area contributed by atoms with E-state index in [1.165, 1.54) is 23.6 Å². The summed E-state index contributed by atoms with van der Waals surface area (Å²) in [4.78, 5) is 30.3. The summed E-state index contributed by atoms with van der Waals surface area (Å²) in [5.74, 6) is -3.35. The summed E-state index contributed by atoms with van der Waals surface area (Å²) >= 11 is 7.47. The summed E-state index contributed by atoms with van der Waals surface area (Å²) in [7, 11) is -4.97. The van der Waals surface area contributed by atoms with Gasteiger partial charge in [0.2, 0.25) is 5.91 Å². The Morgan fingerprint density at radius 2 is 2.00 bits per heavy atom. The molecule has 1 heterocycles. The Balaban J connectivity index is 1.72. The molecule has 1 aromatic heterocycles. The van der Waals surface area contributed by atoms with E-state index in [4.69, 9.17) is 21.4 Å². The number of carbonyl (C=O) groups is 1. The van der Waals surface area contributed by atoms with E-state index in [0.29, 0.717) is 5.02 Å². The molecule has 0 bridgehead atoms. The van der Waals surface area contributed by atoms with Crippen LogP contribution in [0.15, 0.2) is 41.9 Å². The smallest absolute Gasteiger partial charge is 0.332 e. The molecule has 2 aromatic carbocycles. The fourth-order valence-corrected chi connectivity index (χ4v) is 4.34. The molecule has 0 aliphatic rings. The topological polar surface area (TPSA) is 86.6 Å². The number of benzene rings is 2. The van der Waals surface area contributed by atoms with Crippen molar-refractivity contribution < 1.29 is 27.9 Å². The SMILES string of the molecule is O=C(Cc1csc2ccc(Cl)cc12)NC=Cc1cc(F)c(F)c(P(=O)(O)O)c1. The Kier molecular flexibility index (Phi) is 5.98. The molecule has 10 heteroatoms. The number of hydrogen-bond acceptors (Lipinski definition) is 3. The second-order valence-corrected chi connectivity index (χ2v) is 8.78. The molecule has 0 saturated heterocycles. The van der Waals surface area contributed by atoms with Gasteiger partial charge in [-0.1, -0.05) is 11.6 Å². The molecule has 3 N–H and O–H groups in total. The molecule has 146 valence electrons. The highest BCUT2D eigenvalue weighted by molar-refractivity contribution is 7.60. The lowest BCUT2D eigenvalue weighted by Gasteiger charge is -2.07. The average Bonchev–Trinajstić information content (AvgIpc) is 2.99. The molecular weight excluding hydrogens is 431 g/mol. The van der Waals surface area contributed by atoms with Crippen molar-refractivity contribution in [1.29, 1.82) is 0 Å². The van der Waals surface area contributed by atoms with Crippen molar-refractivity contribution in [2.75, 3.05) is 0 Å². The first-order chi connectivity index (χ1) is 13.1. The van der Waals surface area contributed by atoms with Gasteiger partial charge in [-0.25, -0.2) is 8.78 Å². The maximum absolute atomic E-state index is 13.5. The highest BCUT2D eigenvalue weighted by atomic mass is 35.5. The lowest BCUT2D eigenvalue weighted by Crippen LogP contribution is -2.19. The summed E-state index contributed by atoms with van der Waals surface area (Å²) in [6, 6.07) is 7.00. The molecule has 0 aliphatic carbocycles. The highest BCUT2D eigenvalue weighted by Gasteiger charge is 2.25. The molecule has 0 atom stereocenters. The van der Waals surface area contributed by atoms with Crippen LogP contribution in [0.3, 0.4) is 0 Å². The maximum atomic E-state index is 13.5. The molecule has 3 aromatic rings. The molecule has 1 amide bonds. The minimum atomic E-state index is -4.97. The summed E-state index contributed by atoms with van der Waals surface area (Å²) in [5, 5.41) is 4.73. The van der Waals surface area contributed by atoms with Gasteiger partial charge in [0.1, 0.15) is 5.30 Å². The quantitative estimate of drug-likeness (QED) is 0.521. The minimum Gasteiger partial charge on any atom is -0.332 e. The van der Waals surface area contributed by atoms with Crippen molar-refractivity contribution in [1.82, 2.24) is 5.32 Å². The van der Waals surface area contributed by atoms with Gasteiger partial charge in [0, 0.05) is 15.9 Å². The Labute approximate surface area is 167 Å². The van der Waals surface area contributed by atoms with E-state index in [9.17, 15) is 18.1 Å². The lowest BCUT2D eigenvalue weighted by atomic mass is 10.1. The number of carbonyl (C=O) groups excluding carboxylic acids is 1. The monoisotopic (exact) mass is 443 g/mol. The molecule has 3 rings (SSSR count). The third-order valence-corrected chi connectivity index (χ3v) is 6.03. The van der Waals surface area contributed by atoms with Crippen LogP contribution in [0.1, 0.15) is 11.1 Å². The van der Waals surface area contributed by atoms with Gasteiger partial charge in [0.25, 0.3) is 0 Å². The van der Waals surface area contributed by atoms with Crippen LogP contribution in [-0.2, 0) is 15.8 Å². The zero-order valence-electron chi connectivity index (χ0n) is 14.0. The second kappa shape index (κ2) is 8.11. The third-order valence-electron chi connectivity index (χ3n) is 3.83. The first-order valence-electron chi connectivity index (χ1n) is 7.82. The Morgan fingerprint density at radius 1 is 1.25 bits per heavy atom. The number of nitrogens with one attached hydrogen (secondary N) is 1. The minimum absolute atomic E-state index is 0.00899. The van der Waals surface area contributed by atoms with Crippen LogP contribution in [0.4, 0.5) is 8.78 Å². The standard InChI is InChI=1S/C18H13ClF2NO4PS/c19-12-1-2-16-13(8-12)11(9-28-16)7-17(23)22-4-3-10-5-14(20)18(21)15(6-10)27(24,25)26/h1-6,8-9H,7H2,(H,22,23)(H2,24,25,26). The van der Waals surface area contributed by atoms with Gasteiger partial charge in [-0.2, -0.15) is 0 Å². The van der Waals surface area contributed by atoms with Crippen LogP contribution in [0, 0.1) is 11.6 Å². The predicted octanol–water partition coefficient (Wildman–Crippen LogP) is 3.97. The molecule has 0 radical (unpaired) electrons. The van der Waals surface area contributed by atoms with Gasteiger partial charge in [0.05, 0.1) is 6.42 Å². The van der Waals surface area contributed by atoms with E-state index in [1.807, 2.05) is 11.4 Å². The molecule has 0 saturated carbocycles. The van der Waals surface area contributed by atoms with Crippen molar-refractivity contribution in [3.63, 3.8) is 0 Å². The van der Waals surface area contributed by atoms with Crippen LogP contribution in [0.25, 0.3) is 16.2 Å². The van der Waals surface area contributed by atoms with Crippen LogP contribution >= 0.6 is 30.5 Å². The first-order valence-corrected chi connectivity index (χ1v) is 10.7. The van der Waals surface area contributed by atoms with Crippen molar-refractivity contribution in [3.8, 4) is 0 Å². The Bertz CT molecular complexity index is 1140. The second-order valence-electron chi connectivity index (χ2n) is 5.86. The molecule has 0 spiro atoms. The van der Waals surface area contributed by atoms with E-state index >= 15 is 0 Å². The number of amides is 1. The van der Waals surface area contributed by atoms with Crippen LogP contribution < -0.4 is 10.6 Å². The zero-order chi connectivity index (χ0) is 20.5. The molecule has 0 aliphatic heterocycles. The van der Waals surface area contributed by atoms with E-state index in [1.54, 1.807) is 12.1 Å². The summed E-state index contributed by atoms with van der Waals surface area (Å²) < 4.78 is 39.3. The normalized spacial score (nSPS) is 12.0. The molecule has 0 fully saturated rings. The van der Waals surface area contributed by atoms with Crippen molar-refractivity contribution >= 4 is 57.9 Å². The number of halogens is 3. The average molecular weight is 444 g/mol. The highest BCUT2D eigenvalue weighted by Crippen LogP contribution is 2.35. The van der Waals surface area contributed by atoms with Gasteiger partial charge < -0.3 is 15.1 Å². The lowest BCUT2D eigenvalue weighted by molar-refractivity contribution is -0.119. The van der Waals surface area contributed by atoms with Gasteiger partial charge in [-0.05, 0) is 58.3 Å². The Morgan fingerprint density at radius 3 is 2.71 bits per heavy atom. The van der Waals surface area contributed by atoms with E-state index in [2.05, 4.69) is 5.32 Å². The van der Waals surface area contributed by atoms with E-state index < -0.39 is 24.5 Å². The zero-order valence-corrected chi connectivity index (χ0v) is 16.5.